The van der Waals surface area contributed by atoms with Gasteiger partial charge in [-0.1, -0.05) is 39.0 Å². The van der Waals surface area contributed by atoms with Gasteiger partial charge in [0.15, 0.2) is 0 Å². The molecule has 0 unspecified atom stereocenters. The summed E-state index contributed by atoms with van der Waals surface area (Å²) >= 11 is 0. The van der Waals surface area contributed by atoms with Crippen LogP contribution in [0, 0.1) is 0 Å². The molecule has 6 nitrogen and oxygen atoms in total. The maximum absolute atomic E-state index is 13.0. The van der Waals surface area contributed by atoms with Crippen molar-refractivity contribution in [3.05, 3.63) is 66.1 Å². The lowest BCUT2D eigenvalue weighted by Crippen LogP contribution is -2.33. The molecular weight excluding hydrogens is 374 g/mol. The number of anilines is 1. The molecule has 6 heteroatoms. The molecule has 3 aromatic rings. The summed E-state index contributed by atoms with van der Waals surface area (Å²) in [5.74, 6) is 0.708. The average molecular weight is 406 g/mol. The number of hydrogen-bond acceptors (Lipinski definition) is 3. The smallest absolute Gasteiger partial charge is 0.239 e. The summed E-state index contributed by atoms with van der Waals surface area (Å²) in [6, 6.07) is 16.4. The van der Waals surface area contributed by atoms with Crippen LogP contribution in [-0.2, 0) is 17.3 Å². The fraction of sp³-hybridized carbons (Fsp3) is 0.417. The molecule has 0 saturated carbocycles. The van der Waals surface area contributed by atoms with Crippen molar-refractivity contribution in [3.8, 4) is 5.69 Å². The highest BCUT2D eigenvalue weighted by atomic mass is 16.2. The molecule has 0 spiro atoms. The van der Waals surface area contributed by atoms with E-state index in [0.717, 1.165) is 30.8 Å². The Labute approximate surface area is 178 Å². The van der Waals surface area contributed by atoms with Gasteiger partial charge in [0.25, 0.3) is 0 Å². The summed E-state index contributed by atoms with van der Waals surface area (Å²) < 4.78 is 3.98. The Bertz CT molecular complexity index is 1010. The molecule has 1 aromatic carbocycles. The van der Waals surface area contributed by atoms with Crippen molar-refractivity contribution in [1.29, 1.82) is 0 Å². The van der Waals surface area contributed by atoms with Gasteiger partial charge in [-0.25, -0.2) is 4.68 Å². The van der Waals surface area contributed by atoms with E-state index in [9.17, 15) is 4.79 Å². The van der Waals surface area contributed by atoms with Crippen molar-refractivity contribution in [1.82, 2.24) is 19.2 Å². The predicted molar refractivity (Wildman–Crippen MR) is 120 cm³/mol. The molecule has 0 bridgehead atoms. The van der Waals surface area contributed by atoms with Gasteiger partial charge < -0.3 is 9.88 Å². The highest BCUT2D eigenvalue weighted by molar-refractivity contribution is 5.91. The standard InChI is InChI=1S/C24H31N5O/c1-24(2,3)21-16-22(29(26-21)18-10-6-5-7-11-18)25-23(30)17-28-15-9-13-20(28)19-12-8-14-27(19)4/h5-8,10-12,14,16,20H,9,13,15,17H2,1-4H3,(H,25,30)/t20-/m1/s1. The maximum atomic E-state index is 13.0. The first-order valence-corrected chi connectivity index (χ1v) is 10.6. The number of nitrogens with one attached hydrogen (secondary N) is 1. The largest absolute Gasteiger partial charge is 0.353 e. The Hall–Kier alpha value is -2.86. The van der Waals surface area contributed by atoms with E-state index in [1.54, 1.807) is 0 Å². The van der Waals surface area contributed by atoms with Crippen LogP contribution in [0.5, 0.6) is 0 Å². The van der Waals surface area contributed by atoms with Gasteiger partial charge in [0.1, 0.15) is 5.82 Å². The van der Waals surface area contributed by atoms with E-state index in [1.807, 2.05) is 41.1 Å². The third-order valence-corrected chi connectivity index (χ3v) is 5.78. The SMILES string of the molecule is Cn1cccc1[C@H]1CCCN1CC(=O)Nc1cc(C(C)(C)C)nn1-c1ccccc1. The number of rotatable bonds is 5. The first kappa shape index (κ1) is 20.4. The predicted octanol–water partition coefficient (Wildman–Crippen LogP) is 4.28. The van der Waals surface area contributed by atoms with Gasteiger partial charge in [0.05, 0.1) is 24.0 Å². The monoisotopic (exact) mass is 405 g/mol. The average Bonchev–Trinajstić information content (AvgIpc) is 3.42. The molecule has 4 rings (SSSR count). The number of likely N-dealkylation sites (tertiary alicyclic amines) is 1. The molecule has 3 heterocycles. The lowest BCUT2D eigenvalue weighted by molar-refractivity contribution is -0.117. The van der Waals surface area contributed by atoms with E-state index >= 15 is 0 Å². The minimum absolute atomic E-state index is 0.00588. The molecule has 30 heavy (non-hydrogen) atoms. The number of nitrogens with zero attached hydrogens (tertiary/aromatic N) is 4. The summed E-state index contributed by atoms with van der Waals surface area (Å²) in [4.78, 5) is 15.3. The molecule has 1 aliphatic heterocycles. The molecular formula is C24H31N5O. The van der Waals surface area contributed by atoms with Gasteiger partial charge in [-0.15, -0.1) is 0 Å². The zero-order chi connectivity index (χ0) is 21.3. The van der Waals surface area contributed by atoms with Crippen LogP contribution in [0.3, 0.4) is 0 Å². The van der Waals surface area contributed by atoms with Crippen molar-refractivity contribution in [2.75, 3.05) is 18.4 Å². The number of carbonyl (C=O) groups excluding carboxylic acids is 1. The topological polar surface area (TPSA) is 55.1 Å². The quantitative estimate of drug-likeness (QED) is 0.689. The highest BCUT2D eigenvalue weighted by Crippen LogP contribution is 2.32. The Morgan fingerprint density at radius 3 is 2.60 bits per heavy atom. The summed E-state index contributed by atoms with van der Waals surface area (Å²) in [5, 5.41) is 7.91. The van der Waals surface area contributed by atoms with Gasteiger partial charge in [-0.05, 0) is 43.7 Å². The highest BCUT2D eigenvalue weighted by Gasteiger charge is 2.29. The van der Waals surface area contributed by atoms with E-state index < -0.39 is 0 Å². The van der Waals surface area contributed by atoms with Crippen LogP contribution in [0.25, 0.3) is 5.69 Å². The number of aryl methyl sites for hydroxylation is 1. The van der Waals surface area contributed by atoms with E-state index in [-0.39, 0.29) is 11.3 Å². The number of para-hydroxylation sites is 1. The fourth-order valence-electron chi connectivity index (χ4n) is 4.14. The van der Waals surface area contributed by atoms with E-state index in [4.69, 9.17) is 5.10 Å². The number of benzene rings is 1. The Morgan fingerprint density at radius 1 is 1.17 bits per heavy atom. The van der Waals surface area contributed by atoms with Crippen molar-refractivity contribution in [2.24, 2.45) is 7.05 Å². The van der Waals surface area contributed by atoms with Gasteiger partial charge in [0, 0.05) is 30.4 Å². The number of hydrogen-bond donors (Lipinski definition) is 1. The summed E-state index contributed by atoms with van der Waals surface area (Å²) in [6.07, 6.45) is 4.26. The van der Waals surface area contributed by atoms with Crippen LogP contribution in [0.2, 0.25) is 0 Å². The molecule has 1 fully saturated rings. The molecule has 2 aromatic heterocycles. The third-order valence-electron chi connectivity index (χ3n) is 5.78. The fourth-order valence-corrected chi connectivity index (χ4v) is 4.14. The molecule has 1 saturated heterocycles. The Balaban J connectivity index is 1.54. The van der Waals surface area contributed by atoms with Gasteiger partial charge in [0.2, 0.25) is 5.91 Å². The van der Waals surface area contributed by atoms with E-state index in [1.165, 1.54) is 5.69 Å². The number of amides is 1. The minimum Gasteiger partial charge on any atom is -0.353 e. The molecule has 1 N–H and O–H groups in total. The van der Waals surface area contributed by atoms with Crippen molar-refractivity contribution in [3.63, 3.8) is 0 Å². The zero-order valence-electron chi connectivity index (χ0n) is 18.3. The lowest BCUT2D eigenvalue weighted by atomic mass is 9.92. The second-order valence-corrected chi connectivity index (χ2v) is 9.13. The molecule has 158 valence electrons. The van der Waals surface area contributed by atoms with Gasteiger partial charge in [-0.3, -0.25) is 9.69 Å². The first-order valence-electron chi connectivity index (χ1n) is 10.6. The lowest BCUT2D eigenvalue weighted by Gasteiger charge is -2.24. The summed E-state index contributed by atoms with van der Waals surface area (Å²) in [6.45, 7) is 7.70. The first-order chi connectivity index (χ1) is 14.3. The number of aromatic nitrogens is 3. The maximum Gasteiger partial charge on any atom is 0.239 e. The molecule has 1 atom stereocenters. The normalized spacial score (nSPS) is 17.4. The van der Waals surface area contributed by atoms with Crippen molar-refractivity contribution in [2.45, 2.75) is 45.1 Å². The second-order valence-electron chi connectivity index (χ2n) is 9.13. The molecule has 1 amide bonds. The molecule has 1 aliphatic rings. The Kier molecular flexibility index (Phi) is 5.52. The van der Waals surface area contributed by atoms with E-state index in [0.29, 0.717) is 18.4 Å². The summed E-state index contributed by atoms with van der Waals surface area (Å²) in [7, 11) is 2.07. The molecule has 0 aliphatic carbocycles. The zero-order valence-corrected chi connectivity index (χ0v) is 18.3. The van der Waals surface area contributed by atoms with Crippen LogP contribution in [-0.4, -0.2) is 38.2 Å². The molecule has 0 radical (unpaired) electrons. The van der Waals surface area contributed by atoms with Gasteiger partial charge >= 0.3 is 0 Å². The van der Waals surface area contributed by atoms with Crippen LogP contribution in [0.1, 0.15) is 51.0 Å². The minimum atomic E-state index is -0.105. The van der Waals surface area contributed by atoms with Crippen LogP contribution < -0.4 is 5.32 Å². The van der Waals surface area contributed by atoms with Crippen molar-refractivity contribution >= 4 is 11.7 Å². The van der Waals surface area contributed by atoms with Gasteiger partial charge in [-0.2, -0.15) is 5.10 Å². The van der Waals surface area contributed by atoms with Crippen LogP contribution >= 0.6 is 0 Å². The third kappa shape index (κ3) is 4.19. The summed E-state index contributed by atoms with van der Waals surface area (Å²) in [5.41, 5.74) is 3.05. The van der Waals surface area contributed by atoms with E-state index in [2.05, 4.69) is 60.9 Å². The van der Waals surface area contributed by atoms with Crippen molar-refractivity contribution < 1.29 is 4.79 Å². The number of carbonyl (C=O) groups is 1. The van der Waals surface area contributed by atoms with Crippen LogP contribution in [0.15, 0.2) is 54.7 Å². The second kappa shape index (κ2) is 8.11. The Morgan fingerprint density at radius 2 is 1.93 bits per heavy atom. The van der Waals surface area contributed by atoms with Crippen LogP contribution in [0.4, 0.5) is 5.82 Å².